The molecule has 108 valence electrons. The normalized spacial score (nSPS) is 19.4. The molecule has 1 saturated heterocycles. The first kappa shape index (κ1) is 13.9. The molecule has 1 atom stereocenters. The van der Waals surface area contributed by atoms with Crippen LogP contribution in [0.2, 0.25) is 0 Å². The first-order chi connectivity index (χ1) is 9.83. The molecule has 0 amide bonds. The number of nitrogens with zero attached hydrogens (tertiary/aromatic N) is 2. The van der Waals surface area contributed by atoms with Crippen LogP contribution >= 0.6 is 15.9 Å². The maximum absolute atomic E-state index is 5.76. The van der Waals surface area contributed by atoms with Crippen LogP contribution in [0.4, 0.5) is 0 Å². The number of rotatable bonds is 5. The van der Waals surface area contributed by atoms with E-state index >= 15 is 0 Å². The summed E-state index contributed by atoms with van der Waals surface area (Å²) in [5.74, 6) is 0.843. The molecule has 1 aliphatic heterocycles. The van der Waals surface area contributed by atoms with Crippen LogP contribution in [0.25, 0.3) is 5.52 Å². The Bertz CT molecular complexity index is 567. The van der Waals surface area contributed by atoms with E-state index in [0.717, 1.165) is 48.3 Å². The molecule has 0 spiro atoms. The molecule has 1 unspecified atom stereocenters. The molecule has 1 aliphatic rings. The number of hydrogen-bond acceptors (Lipinski definition) is 4. The smallest absolute Gasteiger partial charge is 0.137 e. The Morgan fingerprint density at radius 1 is 1.50 bits per heavy atom. The molecule has 20 heavy (non-hydrogen) atoms. The van der Waals surface area contributed by atoms with Crippen molar-refractivity contribution in [1.29, 1.82) is 0 Å². The van der Waals surface area contributed by atoms with Gasteiger partial charge in [0.15, 0.2) is 0 Å². The number of aromatic nitrogens is 2. The van der Waals surface area contributed by atoms with Crippen molar-refractivity contribution in [1.82, 2.24) is 14.9 Å². The second kappa shape index (κ2) is 6.56. The van der Waals surface area contributed by atoms with Crippen molar-refractivity contribution in [2.75, 3.05) is 26.3 Å². The van der Waals surface area contributed by atoms with Gasteiger partial charge in [0.2, 0.25) is 0 Å². The molecule has 3 rings (SSSR count). The van der Waals surface area contributed by atoms with E-state index in [1.807, 2.05) is 22.8 Å². The van der Waals surface area contributed by atoms with Gasteiger partial charge in [-0.05, 0) is 40.9 Å². The van der Waals surface area contributed by atoms with Crippen molar-refractivity contribution in [3.8, 4) is 5.75 Å². The molecule has 6 heteroatoms. The highest BCUT2D eigenvalue weighted by Crippen LogP contribution is 2.20. The van der Waals surface area contributed by atoms with E-state index in [1.54, 1.807) is 6.20 Å². The minimum atomic E-state index is 0.330. The number of pyridine rings is 1. The predicted molar refractivity (Wildman–Crippen MR) is 80.2 cm³/mol. The fourth-order valence-corrected chi connectivity index (χ4v) is 2.73. The average Bonchev–Trinajstić information content (AvgIpc) is 2.86. The van der Waals surface area contributed by atoms with E-state index in [0.29, 0.717) is 12.7 Å². The van der Waals surface area contributed by atoms with Gasteiger partial charge in [-0.15, -0.1) is 0 Å². The minimum absolute atomic E-state index is 0.330. The van der Waals surface area contributed by atoms with Gasteiger partial charge in [0.25, 0.3) is 0 Å². The summed E-state index contributed by atoms with van der Waals surface area (Å²) < 4.78 is 14.2. The monoisotopic (exact) mass is 339 g/mol. The zero-order chi connectivity index (χ0) is 13.8. The maximum atomic E-state index is 5.76. The summed E-state index contributed by atoms with van der Waals surface area (Å²) in [4.78, 5) is 0. The Morgan fingerprint density at radius 2 is 2.45 bits per heavy atom. The zero-order valence-corrected chi connectivity index (χ0v) is 12.8. The lowest BCUT2D eigenvalue weighted by Gasteiger charge is -2.23. The lowest BCUT2D eigenvalue weighted by Crippen LogP contribution is -2.38. The van der Waals surface area contributed by atoms with Gasteiger partial charge >= 0.3 is 0 Å². The van der Waals surface area contributed by atoms with Gasteiger partial charge in [-0.3, -0.25) is 0 Å². The van der Waals surface area contributed by atoms with Crippen LogP contribution in [0.5, 0.6) is 5.75 Å². The average molecular weight is 340 g/mol. The van der Waals surface area contributed by atoms with Gasteiger partial charge in [-0.1, -0.05) is 0 Å². The van der Waals surface area contributed by atoms with Crippen LogP contribution in [0.3, 0.4) is 0 Å². The zero-order valence-electron chi connectivity index (χ0n) is 11.2. The third-order valence-corrected chi connectivity index (χ3v) is 4.00. The van der Waals surface area contributed by atoms with Crippen molar-refractivity contribution in [3.05, 3.63) is 29.0 Å². The molecular weight excluding hydrogens is 322 g/mol. The molecule has 3 heterocycles. The fourth-order valence-electron chi connectivity index (χ4n) is 2.33. The van der Waals surface area contributed by atoms with Crippen LogP contribution in [-0.2, 0) is 4.74 Å². The van der Waals surface area contributed by atoms with Gasteiger partial charge in [-0.25, -0.2) is 4.52 Å². The molecule has 1 N–H and O–H groups in total. The largest absolute Gasteiger partial charge is 0.492 e. The summed E-state index contributed by atoms with van der Waals surface area (Å²) in [6.07, 6.45) is 6.04. The number of hydrogen-bond donors (Lipinski definition) is 1. The second-order valence-electron chi connectivity index (χ2n) is 4.87. The number of nitrogens with one attached hydrogen (secondary N) is 1. The van der Waals surface area contributed by atoms with E-state index in [9.17, 15) is 0 Å². The minimum Gasteiger partial charge on any atom is -0.492 e. The van der Waals surface area contributed by atoms with Crippen LogP contribution in [-0.4, -0.2) is 42.0 Å². The molecule has 0 aliphatic carbocycles. The third kappa shape index (κ3) is 3.31. The molecule has 0 bridgehead atoms. The molecule has 0 radical (unpaired) electrons. The first-order valence-corrected chi connectivity index (χ1v) is 7.70. The first-order valence-electron chi connectivity index (χ1n) is 6.91. The summed E-state index contributed by atoms with van der Waals surface area (Å²) >= 11 is 3.46. The lowest BCUT2D eigenvalue weighted by molar-refractivity contribution is 0.0204. The summed E-state index contributed by atoms with van der Waals surface area (Å²) in [6.45, 7) is 3.43. The standard InChI is InChI=1S/C14H18BrN3O2/c15-13-9-17-18-10-12(3-4-14(13)18)19-6-1-2-11-8-16-5-7-20-11/h3-4,9-11,16H,1-2,5-8H2. The van der Waals surface area contributed by atoms with Crippen LogP contribution in [0.15, 0.2) is 29.0 Å². The summed E-state index contributed by atoms with van der Waals surface area (Å²) in [5.41, 5.74) is 1.04. The highest BCUT2D eigenvalue weighted by atomic mass is 79.9. The van der Waals surface area contributed by atoms with Gasteiger partial charge in [0, 0.05) is 13.1 Å². The van der Waals surface area contributed by atoms with E-state index in [1.165, 1.54) is 0 Å². The molecule has 2 aromatic rings. The van der Waals surface area contributed by atoms with E-state index < -0.39 is 0 Å². The van der Waals surface area contributed by atoms with Crippen LogP contribution < -0.4 is 10.1 Å². The van der Waals surface area contributed by atoms with Crippen LogP contribution in [0.1, 0.15) is 12.8 Å². The molecule has 0 saturated carbocycles. The number of fused-ring (bicyclic) bond motifs is 1. The Morgan fingerprint density at radius 3 is 3.30 bits per heavy atom. The highest BCUT2D eigenvalue weighted by molar-refractivity contribution is 9.10. The van der Waals surface area contributed by atoms with Gasteiger partial charge in [0.05, 0.1) is 41.7 Å². The van der Waals surface area contributed by atoms with E-state index in [2.05, 4.69) is 26.3 Å². The van der Waals surface area contributed by atoms with E-state index in [-0.39, 0.29) is 0 Å². The molecule has 1 fully saturated rings. The molecular formula is C14H18BrN3O2. The number of ether oxygens (including phenoxy) is 2. The quantitative estimate of drug-likeness (QED) is 0.848. The fraction of sp³-hybridized carbons (Fsp3) is 0.500. The molecule has 2 aromatic heterocycles. The van der Waals surface area contributed by atoms with Crippen molar-refractivity contribution in [2.24, 2.45) is 0 Å². The topological polar surface area (TPSA) is 47.8 Å². The van der Waals surface area contributed by atoms with Crippen molar-refractivity contribution in [2.45, 2.75) is 18.9 Å². The summed E-state index contributed by atoms with van der Waals surface area (Å²) in [5, 5.41) is 7.58. The van der Waals surface area contributed by atoms with Gasteiger partial charge in [-0.2, -0.15) is 5.10 Å². The SMILES string of the molecule is Brc1cnn2cc(OCCCC3CNCCO3)ccc12. The Labute approximate surface area is 126 Å². The van der Waals surface area contributed by atoms with E-state index in [4.69, 9.17) is 9.47 Å². The van der Waals surface area contributed by atoms with Crippen molar-refractivity contribution in [3.63, 3.8) is 0 Å². The number of halogens is 1. The third-order valence-electron chi connectivity index (χ3n) is 3.39. The highest BCUT2D eigenvalue weighted by Gasteiger charge is 2.12. The van der Waals surface area contributed by atoms with Gasteiger partial charge in [0.1, 0.15) is 5.75 Å². The maximum Gasteiger partial charge on any atom is 0.137 e. The summed E-state index contributed by atoms with van der Waals surface area (Å²) in [6, 6.07) is 3.97. The van der Waals surface area contributed by atoms with Crippen molar-refractivity contribution < 1.29 is 9.47 Å². The van der Waals surface area contributed by atoms with Gasteiger partial charge < -0.3 is 14.8 Å². The Kier molecular flexibility index (Phi) is 4.54. The molecule has 5 nitrogen and oxygen atoms in total. The summed E-state index contributed by atoms with van der Waals surface area (Å²) in [7, 11) is 0. The van der Waals surface area contributed by atoms with Crippen molar-refractivity contribution >= 4 is 21.4 Å². The Balaban J connectivity index is 1.47. The molecule has 0 aromatic carbocycles. The lowest BCUT2D eigenvalue weighted by atomic mass is 10.2. The van der Waals surface area contributed by atoms with Crippen LogP contribution in [0, 0.1) is 0 Å². The predicted octanol–water partition coefficient (Wildman–Crippen LogP) is 2.24. The Hall–Kier alpha value is -1.11. The second-order valence-corrected chi connectivity index (χ2v) is 5.73. The number of morpholine rings is 1.